The smallest absolute Gasteiger partial charge is 0.271 e. The molecule has 0 aliphatic rings. The SMILES string of the molecule is COc1cc(N=Nc2ccc([N+](=O)[O-])cc2Cl)c(C)cc1N. The minimum absolute atomic E-state index is 0.103. The monoisotopic (exact) mass is 320 g/mol. The molecule has 0 fully saturated rings. The van der Waals surface area contributed by atoms with E-state index in [0.717, 1.165) is 5.56 Å². The van der Waals surface area contributed by atoms with Crippen molar-refractivity contribution in [2.75, 3.05) is 12.8 Å². The van der Waals surface area contributed by atoms with E-state index in [1.165, 1.54) is 25.3 Å². The summed E-state index contributed by atoms with van der Waals surface area (Å²) in [7, 11) is 1.51. The highest BCUT2D eigenvalue weighted by atomic mass is 35.5. The first-order valence-electron chi connectivity index (χ1n) is 6.22. The second kappa shape index (κ2) is 6.40. The minimum Gasteiger partial charge on any atom is -0.495 e. The van der Waals surface area contributed by atoms with Crippen LogP contribution in [-0.2, 0) is 0 Å². The Balaban J connectivity index is 2.35. The van der Waals surface area contributed by atoms with Gasteiger partial charge in [0.2, 0.25) is 0 Å². The minimum atomic E-state index is -0.526. The molecule has 22 heavy (non-hydrogen) atoms. The molecule has 0 bridgehead atoms. The van der Waals surface area contributed by atoms with Crippen molar-refractivity contribution in [1.82, 2.24) is 0 Å². The Morgan fingerprint density at radius 3 is 2.50 bits per heavy atom. The average molecular weight is 321 g/mol. The van der Waals surface area contributed by atoms with Crippen molar-refractivity contribution in [3.8, 4) is 5.75 Å². The van der Waals surface area contributed by atoms with Gasteiger partial charge in [-0.05, 0) is 24.6 Å². The van der Waals surface area contributed by atoms with Crippen LogP contribution in [0.1, 0.15) is 5.56 Å². The van der Waals surface area contributed by atoms with Gasteiger partial charge < -0.3 is 10.5 Å². The van der Waals surface area contributed by atoms with Crippen molar-refractivity contribution in [3.63, 3.8) is 0 Å². The van der Waals surface area contributed by atoms with Gasteiger partial charge in [0.15, 0.2) is 0 Å². The molecule has 0 aliphatic carbocycles. The number of hydrogen-bond acceptors (Lipinski definition) is 6. The van der Waals surface area contributed by atoms with Gasteiger partial charge >= 0.3 is 0 Å². The third kappa shape index (κ3) is 3.32. The highest BCUT2D eigenvalue weighted by Gasteiger charge is 2.09. The molecule has 0 saturated heterocycles. The molecule has 2 N–H and O–H groups in total. The van der Waals surface area contributed by atoms with Gasteiger partial charge in [0.05, 0.1) is 28.4 Å². The lowest BCUT2D eigenvalue weighted by Gasteiger charge is -2.07. The first kappa shape index (κ1) is 15.7. The normalized spacial score (nSPS) is 10.9. The number of methoxy groups -OCH3 is 1. The number of nitro groups is 1. The first-order chi connectivity index (χ1) is 10.4. The van der Waals surface area contributed by atoms with Crippen LogP contribution in [0.5, 0.6) is 5.75 Å². The topological polar surface area (TPSA) is 103 Å². The van der Waals surface area contributed by atoms with E-state index in [1.807, 2.05) is 6.92 Å². The summed E-state index contributed by atoms with van der Waals surface area (Å²) in [5.74, 6) is 0.495. The van der Waals surface area contributed by atoms with Gasteiger partial charge in [-0.25, -0.2) is 0 Å². The molecule has 0 amide bonds. The number of nitrogens with zero attached hydrogens (tertiary/aromatic N) is 3. The van der Waals surface area contributed by atoms with Crippen LogP contribution < -0.4 is 10.5 Å². The van der Waals surface area contributed by atoms with E-state index in [9.17, 15) is 10.1 Å². The summed E-state index contributed by atoms with van der Waals surface area (Å²) in [6.45, 7) is 1.83. The second-order valence-corrected chi connectivity index (χ2v) is 4.88. The van der Waals surface area contributed by atoms with Crippen molar-refractivity contribution in [3.05, 3.63) is 51.0 Å². The average Bonchev–Trinajstić information content (AvgIpc) is 2.47. The number of benzene rings is 2. The molecule has 7 nitrogen and oxygen atoms in total. The first-order valence-corrected chi connectivity index (χ1v) is 6.60. The fourth-order valence-electron chi connectivity index (χ4n) is 1.78. The number of aryl methyl sites for hydroxylation is 1. The van der Waals surface area contributed by atoms with Crippen molar-refractivity contribution in [2.24, 2.45) is 10.2 Å². The fraction of sp³-hybridized carbons (Fsp3) is 0.143. The molecule has 0 unspecified atom stereocenters. The van der Waals surface area contributed by atoms with Crippen LogP contribution in [0.3, 0.4) is 0 Å². The van der Waals surface area contributed by atoms with E-state index in [2.05, 4.69) is 10.2 Å². The van der Waals surface area contributed by atoms with Gasteiger partial charge in [-0.3, -0.25) is 10.1 Å². The molecule has 114 valence electrons. The van der Waals surface area contributed by atoms with Gasteiger partial charge in [-0.1, -0.05) is 11.6 Å². The molecule has 2 rings (SSSR count). The number of nitro benzene ring substituents is 1. The number of hydrogen-bond donors (Lipinski definition) is 1. The summed E-state index contributed by atoms with van der Waals surface area (Å²) < 4.78 is 5.13. The lowest BCUT2D eigenvalue weighted by Crippen LogP contribution is -1.92. The van der Waals surface area contributed by atoms with Crippen LogP contribution in [0.4, 0.5) is 22.7 Å². The van der Waals surface area contributed by atoms with Crippen LogP contribution in [0, 0.1) is 17.0 Å². The van der Waals surface area contributed by atoms with Crippen LogP contribution in [-0.4, -0.2) is 12.0 Å². The molecule has 0 heterocycles. The number of rotatable bonds is 4. The molecule has 0 aromatic heterocycles. The largest absolute Gasteiger partial charge is 0.495 e. The Morgan fingerprint density at radius 1 is 1.23 bits per heavy atom. The molecular formula is C14H13ClN4O3. The third-order valence-corrected chi connectivity index (χ3v) is 3.26. The van der Waals surface area contributed by atoms with E-state index >= 15 is 0 Å². The van der Waals surface area contributed by atoms with Gasteiger partial charge in [-0.2, -0.15) is 5.11 Å². The Labute approximate surface area is 131 Å². The van der Waals surface area contributed by atoms with Crippen molar-refractivity contribution in [1.29, 1.82) is 0 Å². The number of nitrogens with two attached hydrogens (primary N) is 1. The molecule has 0 radical (unpaired) electrons. The zero-order valence-corrected chi connectivity index (χ0v) is 12.7. The number of nitrogen functional groups attached to an aromatic ring is 1. The zero-order valence-electron chi connectivity index (χ0n) is 11.9. The molecule has 0 saturated carbocycles. The maximum absolute atomic E-state index is 10.7. The fourth-order valence-corrected chi connectivity index (χ4v) is 1.99. The maximum Gasteiger partial charge on any atom is 0.271 e. The summed E-state index contributed by atoms with van der Waals surface area (Å²) in [4.78, 5) is 10.1. The highest BCUT2D eigenvalue weighted by molar-refractivity contribution is 6.33. The molecule has 0 spiro atoms. The number of ether oxygens (including phenoxy) is 1. The summed E-state index contributed by atoms with van der Waals surface area (Å²) in [5, 5.41) is 18.9. The molecule has 8 heteroatoms. The lowest BCUT2D eigenvalue weighted by molar-refractivity contribution is -0.384. The Kier molecular flexibility index (Phi) is 4.57. The Hall–Kier alpha value is -2.67. The predicted octanol–water partition coefficient (Wildman–Crippen LogP) is 4.56. The molecular weight excluding hydrogens is 308 g/mol. The van der Waals surface area contributed by atoms with Crippen LogP contribution >= 0.6 is 11.6 Å². The zero-order chi connectivity index (χ0) is 16.3. The number of anilines is 1. The summed E-state index contributed by atoms with van der Waals surface area (Å²) in [6.07, 6.45) is 0. The Bertz CT molecular complexity index is 762. The lowest BCUT2D eigenvalue weighted by atomic mass is 10.1. The Morgan fingerprint density at radius 2 is 1.91 bits per heavy atom. The van der Waals surface area contributed by atoms with E-state index in [-0.39, 0.29) is 10.7 Å². The van der Waals surface area contributed by atoms with Gasteiger partial charge in [-0.15, -0.1) is 5.11 Å². The number of azo groups is 1. The van der Waals surface area contributed by atoms with E-state index in [4.69, 9.17) is 22.1 Å². The summed E-state index contributed by atoms with van der Waals surface area (Å²) >= 11 is 5.96. The van der Waals surface area contributed by atoms with Crippen LogP contribution in [0.25, 0.3) is 0 Å². The highest BCUT2D eigenvalue weighted by Crippen LogP contribution is 2.34. The van der Waals surface area contributed by atoms with Crippen LogP contribution in [0.15, 0.2) is 40.6 Å². The second-order valence-electron chi connectivity index (χ2n) is 4.47. The molecule has 0 aliphatic heterocycles. The number of non-ortho nitro benzene ring substituents is 1. The molecule has 2 aromatic carbocycles. The van der Waals surface area contributed by atoms with Crippen molar-refractivity contribution >= 4 is 34.4 Å². The van der Waals surface area contributed by atoms with E-state index in [0.29, 0.717) is 22.8 Å². The summed E-state index contributed by atoms with van der Waals surface area (Å²) in [6, 6.07) is 7.37. The van der Waals surface area contributed by atoms with Gasteiger partial charge in [0.25, 0.3) is 5.69 Å². The van der Waals surface area contributed by atoms with Crippen molar-refractivity contribution in [2.45, 2.75) is 6.92 Å². The molecule has 2 aromatic rings. The van der Waals surface area contributed by atoms with Crippen molar-refractivity contribution < 1.29 is 9.66 Å². The van der Waals surface area contributed by atoms with Gasteiger partial charge in [0.1, 0.15) is 11.4 Å². The quantitative estimate of drug-likeness (QED) is 0.386. The standard InChI is InChI=1S/C14H13ClN4O3/c1-8-5-11(16)14(22-2)7-13(8)18-17-12-4-3-9(19(20)21)6-10(12)15/h3-7H,16H2,1-2H3. The molecule has 0 atom stereocenters. The van der Waals surface area contributed by atoms with E-state index < -0.39 is 4.92 Å². The van der Waals surface area contributed by atoms with Gasteiger partial charge in [0, 0.05) is 18.2 Å². The van der Waals surface area contributed by atoms with E-state index in [1.54, 1.807) is 12.1 Å². The summed E-state index contributed by atoms with van der Waals surface area (Å²) in [5.41, 5.74) is 7.92. The van der Waals surface area contributed by atoms with Crippen LogP contribution in [0.2, 0.25) is 5.02 Å². The third-order valence-electron chi connectivity index (χ3n) is 2.96. The predicted molar refractivity (Wildman–Crippen MR) is 84.4 cm³/mol. The number of halogens is 1. The maximum atomic E-state index is 10.7.